The molecular weight excluding hydrogens is 244 g/mol. The largest absolute Gasteiger partial charge is 0.428 e. The number of anilines is 1. The Kier molecular flexibility index (Phi) is 4.09. The van der Waals surface area contributed by atoms with Crippen molar-refractivity contribution in [1.82, 2.24) is 15.4 Å². The van der Waals surface area contributed by atoms with Crippen LogP contribution >= 0.6 is 0 Å². The molecule has 2 heterocycles. The van der Waals surface area contributed by atoms with Crippen molar-refractivity contribution < 1.29 is 9.21 Å². The number of nitrogens with zero attached hydrogens (tertiary/aromatic N) is 2. The number of hydrazine groups is 1. The molecule has 0 radical (unpaired) electrons. The highest BCUT2D eigenvalue weighted by molar-refractivity contribution is 5.86. The molecule has 2 atom stereocenters. The highest BCUT2D eigenvalue weighted by Crippen LogP contribution is 2.20. The summed E-state index contributed by atoms with van der Waals surface area (Å²) in [6, 6.07) is 0.636. The Morgan fingerprint density at radius 1 is 1.32 bits per heavy atom. The molecule has 6 nitrogen and oxygen atoms in total. The molecule has 1 aliphatic rings. The number of hydrogen-bond acceptors (Lipinski definition) is 4. The summed E-state index contributed by atoms with van der Waals surface area (Å²) in [6.45, 7) is 7.90. The van der Waals surface area contributed by atoms with Crippen molar-refractivity contribution in [3.63, 3.8) is 0 Å². The lowest BCUT2D eigenvalue weighted by molar-refractivity contribution is 0.0624. The minimum absolute atomic E-state index is 0.241. The summed E-state index contributed by atoms with van der Waals surface area (Å²) >= 11 is 0. The van der Waals surface area contributed by atoms with Gasteiger partial charge in [0.25, 0.3) is 0 Å². The molecular formula is C13H22N4O2. The lowest BCUT2D eigenvalue weighted by Crippen LogP contribution is -2.55. The quantitative estimate of drug-likeness (QED) is 0.863. The van der Waals surface area contributed by atoms with Crippen LogP contribution in [0.25, 0.3) is 0 Å². The highest BCUT2D eigenvalue weighted by Gasteiger charge is 2.26. The molecule has 1 aromatic rings. The Morgan fingerprint density at radius 2 is 1.95 bits per heavy atom. The molecule has 1 saturated heterocycles. The van der Waals surface area contributed by atoms with E-state index in [1.165, 1.54) is 6.42 Å². The van der Waals surface area contributed by atoms with Crippen LogP contribution in [0.15, 0.2) is 4.42 Å². The summed E-state index contributed by atoms with van der Waals surface area (Å²) in [5, 5.41) is 4.62. The van der Waals surface area contributed by atoms with Gasteiger partial charge in [-0.25, -0.2) is 9.80 Å². The van der Waals surface area contributed by atoms with Gasteiger partial charge in [-0.05, 0) is 40.5 Å². The highest BCUT2D eigenvalue weighted by atomic mass is 16.4. The zero-order chi connectivity index (χ0) is 14.0. The van der Waals surface area contributed by atoms with Crippen molar-refractivity contribution in [2.45, 2.75) is 59.0 Å². The van der Waals surface area contributed by atoms with Crippen molar-refractivity contribution in [2.24, 2.45) is 0 Å². The van der Waals surface area contributed by atoms with E-state index in [4.69, 9.17) is 4.42 Å². The van der Waals surface area contributed by atoms with E-state index in [1.54, 1.807) is 0 Å². The molecule has 6 heteroatoms. The van der Waals surface area contributed by atoms with Crippen molar-refractivity contribution >= 4 is 12.0 Å². The second-order valence-electron chi connectivity index (χ2n) is 5.26. The summed E-state index contributed by atoms with van der Waals surface area (Å²) in [6.07, 6.45) is 3.41. The van der Waals surface area contributed by atoms with E-state index in [-0.39, 0.29) is 12.0 Å². The third-order valence-corrected chi connectivity index (χ3v) is 3.67. The third kappa shape index (κ3) is 3.26. The monoisotopic (exact) mass is 266 g/mol. The van der Waals surface area contributed by atoms with E-state index in [9.17, 15) is 4.79 Å². The first-order valence-electron chi connectivity index (χ1n) is 6.77. The van der Waals surface area contributed by atoms with Gasteiger partial charge in [0.2, 0.25) is 0 Å². The van der Waals surface area contributed by atoms with Crippen LogP contribution in [0.4, 0.5) is 10.8 Å². The van der Waals surface area contributed by atoms with Crippen LogP contribution < -0.4 is 10.7 Å². The number of carbonyl (C=O) groups is 1. The van der Waals surface area contributed by atoms with Gasteiger partial charge in [-0.2, -0.15) is 4.98 Å². The lowest BCUT2D eigenvalue weighted by Gasteiger charge is -2.38. The first kappa shape index (κ1) is 13.9. The fourth-order valence-electron chi connectivity index (χ4n) is 2.41. The van der Waals surface area contributed by atoms with Crippen LogP contribution in [0.5, 0.6) is 0 Å². The smallest absolute Gasteiger partial charge is 0.337 e. The summed E-state index contributed by atoms with van der Waals surface area (Å²) in [5.74, 6) is 0.718. The molecule has 2 amide bonds. The van der Waals surface area contributed by atoms with Crippen LogP contribution in [-0.4, -0.2) is 28.1 Å². The van der Waals surface area contributed by atoms with Crippen molar-refractivity contribution in [2.75, 3.05) is 5.32 Å². The number of oxazole rings is 1. The first-order valence-corrected chi connectivity index (χ1v) is 6.77. The number of urea groups is 1. The van der Waals surface area contributed by atoms with E-state index in [0.717, 1.165) is 24.3 Å². The lowest BCUT2D eigenvalue weighted by atomic mass is 10.00. The number of rotatable bonds is 2. The molecule has 0 aliphatic carbocycles. The van der Waals surface area contributed by atoms with Crippen molar-refractivity contribution in [1.29, 1.82) is 0 Å². The van der Waals surface area contributed by atoms with E-state index in [1.807, 2.05) is 18.9 Å². The Balaban J connectivity index is 1.93. The second-order valence-corrected chi connectivity index (χ2v) is 5.26. The average Bonchev–Trinajstić information content (AvgIpc) is 2.63. The zero-order valence-electron chi connectivity index (χ0n) is 12.0. The molecule has 1 aliphatic heterocycles. The van der Waals surface area contributed by atoms with Gasteiger partial charge in [0.1, 0.15) is 5.76 Å². The molecule has 2 rings (SSSR count). The Morgan fingerprint density at radius 3 is 2.47 bits per heavy atom. The fourth-order valence-corrected chi connectivity index (χ4v) is 2.41. The van der Waals surface area contributed by atoms with Crippen molar-refractivity contribution in [3.05, 3.63) is 11.5 Å². The predicted molar refractivity (Wildman–Crippen MR) is 72.7 cm³/mol. The number of piperidine rings is 1. The number of amides is 2. The summed E-state index contributed by atoms with van der Waals surface area (Å²) in [7, 11) is 0. The maximum atomic E-state index is 11.9. The summed E-state index contributed by atoms with van der Waals surface area (Å²) in [5.41, 5.74) is 3.67. The molecule has 0 unspecified atom stereocenters. The van der Waals surface area contributed by atoms with Gasteiger partial charge < -0.3 is 4.42 Å². The molecule has 1 fully saturated rings. The predicted octanol–water partition coefficient (Wildman–Crippen LogP) is 2.59. The summed E-state index contributed by atoms with van der Waals surface area (Å²) in [4.78, 5) is 16.1. The van der Waals surface area contributed by atoms with Gasteiger partial charge in [0.15, 0.2) is 0 Å². The van der Waals surface area contributed by atoms with Gasteiger partial charge in [-0.1, -0.05) is 6.42 Å². The summed E-state index contributed by atoms with van der Waals surface area (Å²) < 4.78 is 5.33. The Bertz CT molecular complexity index is 428. The third-order valence-electron chi connectivity index (χ3n) is 3.67. The second kappa shape index (κ2) is 5.61. The van der Waals surface area contributed by atoms with Crippen LogP contribution in [0.2, 0.25) is 0 Å². The van der Waals surface area contributed by atoms with Gasteiger partial charge in [-0.3, -0.25) is 10.7 Å². The number of carbonyl (C=O) groups excluding carboxylic acids is 1. The number of aromatic nitrogens is 1. The molecule has 1 aromatic heterocycles. The van der Waals surface area contributed by atoms with E-state index in [0.29, 0.717) is 12.1 Å². The van der Waals surface area contributed by atoms with E-state index < -0.39 is 0 Å². The molecule has 19 heavy (non-hydrogen) atoms. The van der Waals surface area contributed by atoms with Crippen LogP contribution in [0, 0.1) is 13.8 Å². The van der Waals surface area contributed by atoms with Gasteiger partial charge in [0.05, 0.1) is 5.69 Å². The number of nitrogens with one attached hydrogen (secondary N) is 2. The minimum atomic E-state index is -0.304. The molecule has 106 valence electrons. The molecule has 0 bridgehead atoms. The maximum absolute atomic E-state index is 11.9. The zero-order valence-corrected chi connectivity index (χ0v) is 12.0. The van der Waals surface area contributed by atoms with E-state index >= 15 is 0 Å². The number of aryl methyl sites for hydroxylation is 2. The fraction of sp³-hybridized carbons (Fsp3) is 0.692. The van der Waals surface area contributed by atoms with Crippen LogP contribution in [-0.2, 0) is 0 Å². The number of hydrogen-bond donors (Lipinski definition) is 2. The van der Waals surface area contributed by atoms with Crippen LogP contribution in [0.3, 0.4) is 0 Å². The van der Waals surface area contributed by atoms with Gasteiger partial charge >= 0.3 is 12.0 Å². The molecule has 2 N–H and O–H groups in total. The standard InChI is InChI=1S/C13H22N4O2/c1-8-6-5-7-9(2)17(8)16-12(18)15-13-14-10(3)11(4)19-13/h8-9H,5-7H2,1-4H3,(H2,14,15,16,18)/t8-,9+. The first-order chi connectivity index (χ1) is 8.97. The normalized spacial score (nSPS) is 24.2. The van der Waals surface area contributed by atoms with E-state index in [2.05, 4.69) is 29.6 Å². The average molecular weight is 266 g/mol. The molecule has 0 aromatic carbocycles. The Labute approximate surface area is 113 Å². The van der Waals surface area contributed by atoms with Crippen LogP contribution in [0.1, 0.15) is 44.6 Å². The molecule has 0 saturated carbocycles. The van der Waals surface area contributed by atoms with Gasteiger partial charge in [0, 0.05) is 12.1 Å². The van der Waals surface area contributed by atoms with Crippen molar-refractivity contribution in [3.8, 4) is 0 Å². The molecule has 0 spiro atoms. The SMILES string of the molecule is Cc1nc(NC(=O)NN2[C@H](C)CCC[C@@H]2C)oc1C. The Hall–Kier alpha value is -1.56. The van der Waals surface area contributed by atoms with Gasteiger partial charge in [-0.15, -0.1) is 0 Å². The minimum Gasteiger partial charge on any atom is -0.428 e. The maximum Gasteiger partial charge on any atom is 0.337 e. The topological polar surface area (TPSA) is 70.4 Å².